The molecule has 0 spiro atoms. The van der Waals surface area contributed by atoms with Crippen molar-refractivity contribution in [2.75, 3.05) is 7.05 Å². The van der Waals surface area contributed by atoms with Gasteiger partial charge in [-0.15, -0.1) is 0 Å². The molecule has 0 amide bonds. The Morgan fingerprint density at radius 2 is 1.76 bits per heavy atom. The Labute approximate surface area is 130 Å². The summed E-state index contributed by atoms with van der Waals surface area (Å²) in [6.45, 7) is 8.95. The van der Waals surface area contributed by atoms with Crippen LogP contribution >= 0.6 is 0 Å². The predicted octanol–water partition coefficient (Wildman–Crippen LogP) is 4.81. The van der Waals surface area contributed by atoms with E-state index in [2.05, 4.69) is 64.3 Å². The normalized spacial score (nSPS) is 27.6. The van der Waals surface area contributed by atoms with Crippen LogP contribution in [0.1, 0.15) is 58.6 Å². The molecular weight excluding hydrogens is 258 g/mol. The van der Waals surface area contributed by atoms with Gasteiger partial charge in [0.2, 0.25) is 0 Å². The predicted molar refractivity (Wildman–Crippen MR) is 89.7 cm³/mol. The zero-order valence-electron chi connectivity index (χ0n) is 14.2. The monoisotopic (exact) mass is 289 g/mol. The van der Waals surface area contributed by atoms with Gasteiger partial charge in [0.25, 0.3) is 0 Å². The molecule has 0 bridgehead atoms. The highest BCUT2D eigenvalue weighted by atomic mass is 16.5. The van der Waals surface area contributed by atoms with Gasteiger partial charge in [-0.1, -0.05) is 26.0 Å². The van der Waals surface area contributed by atoms with Crippen molar-refractivity contribution in [1.82, 2.24) is 5.32 Å². The van der Waals surface area contributed by atoms with E-state index in [4.69, 9.17) is 4.74 Å². The summed E-state index contributed by atoms with van der Waals surface area (Å²) in [5.41, 5.74) is 1.36. The Balaban J connectivity index is 2.16. The van der Waals surface area contributed by atoms with Crippen molar-refractivity contribution in [3.63, 3.8) is 0 Å². The molecule has 1 fully saturated rings. The van der Waals surface area contributed by atoms with Gasteiger partial charge < -0.3 is 10.1 Å². The summed E-state index contributed by atoms with van der Waals surface area (Å²) in [6, 6.07) is 9.06. The van der Waals surface area contributed by atoms with Crippen LogP contribution in [0.25, 0.3) is 0 Å². The zero-order chi connectivity index (χ0) is 15.4. The third-order valence-corrected chi connectivity index (χ3v) is 4.59. The van der Waals surface area contributed by atoms with Crippen molar-refractivity contribution < 1.29 is 4.74 Å². The van der Waals surface area contributed by atoms with Crippen molar-refractivity contribution >= 4 is 0 Å². The quantitative estimate of drug-likeness (QED) is 0.840. The molecule has 0 radical (unpaired) electrons. The minimum atomic E-state index is 0.225. The fraction of sp³-hybridized carbons (Fsp3) is 0.684. The third-order valence-electron chi connectivity index (χ3n) is 4.59. The first-order valence-electron chi connectivity index (χ1n) is 8.43. The van der Waals surface area contributed by atoms with Gasteiger partial charge in [0, 0.05) is 6.04 Å². The summed E-state index contributed by atoms with van der Waals surface area (Å²) in [4.78, 5) is 0. The molecule has 0 saturated heterocycles. The van der Waals surface area contributed by atoms with Crippen molar-refractivity contribution in [3.05, 3.63) is 29.8 Å². The summed E-state index contributed by atoms with van der Waals surface area (Å²) >= 11 is 0. The fourth-order valence-electron chi connectivity index (χ4n) is 4.01. The van der Waals surface area contributed by atoms with Gasteiger partial charge in [-0.05, 0) is 75.6 Å². The molecule has 1 aromatic rings. The second-order valence-electron chi connectivity index (χ2n) is 7.18. The number of hydrogen-bond acceptors (Lipinski definition) is 2. The molecule has 118 valence electrons. The molecule has 1 aliphatic carbocycles. The van der Waals surface area contributed by atoms with E-state index in [9.17, 15) is 0 Å². The van der Waals surface area contributed by atoms with Crippen LogP contribution in [0.2, 0.25) is 0 Å². The van der Waals surface area contributed by atoms with E-state index >= 15 is 0 Å². The average molecular weight is 289 g/mol. The molecule has 1 N–H and O–H groups in total. The van der Waals surface area contributed by atoms with Crippen LogP contribution in [-0.2, 0) is 0 Å². The summed E-state index contributed by atoms with van der Waals surface area (Å²) in [5.74, 6) is 3.39. The summed E-state index contributed by atoms with van der Waals surface area (Å²) in [5, 5.41) is 3.55. The highest BCUT2D eigenvalue weighted by molar-refractivity contribution is 5.31. The van der Waals surface area contributed by atoms with Gasteiger partial charge in [-0.2, -0.15) is 0 Å². The Morgan fingerprint density at radius 1 is 1.10 bits per heavy atom. The second kappa shape index (κ2) is 7.31. The maximum atomic E-state index is 5.85. The van der Waals surface area contributed by atoms with E-state index in [1.165, 1.54) is 24.8 Å². The number of hydrogen-bond donors (Lipinski definition) is 1. The smallest absolute Gasteiger partial charge is 0.120 e. The van der Waals surface area contributed by atoms with Gasteiger partial charge >= 0.3 is 0 Å². The zero-order valence-corrected chi connectivity index (χ0v) is 14.2. The molecule has 2 rings (SSSR count). The Kier molecular flexibility index (Phi) is 5.69. The van der Waals surface area contributed by atoms with Gasteiger partial charge in [0.15, 0.2) is 0 Å². The molecule has 3 atom stereocenters. The molecule has 1 aromatic carbocycles. The molecule has 0 heterocycles. The first kappa shape index (κ1) is 16.4. The standard InChI is InChI=1S/C19H31NO/c1-13(2)21-18-8-6-7-16(12-18)19(20-5)17-10-14(3)9-15(4)11-17/h6-8,12-15,17,19-20H,9-11H2,1-5H3. The molecule has 0 aliphatic heterocycles. The van der Waals surface area contributed by atoms with E-state index in [0.29, 0.717) is 6.04 Å². The van der Waals surface area contributed by atoms with Crippen LogP contribution in [0.5, 0.6) is 5.75 Å². The SMILES string of the molecule is CNC(c1cccc(OC(C)C)c1)C1CC(C)CC(C)C1. The molecule has 21 heavy (non-hydrogen) atoms. The fourth-order valence-corrected chi connectivity index (χ4v) is 4.01. The van der Waals surface area contributed by atoms with E-state index in [1.807, 2.05) is 0 Å². The van der Waals surface area contributed by atoms with Crippen LogP contribution in [-0.4, -0.2) is 13.2 Å². The van der Waals surface area contributed by atoms with Crippen LogP contribution in [0.3, 0.4) is 0 Å². The van der Waals surface area contributed by atoms with E-state index in [0.717, 1.165) is 23.5 Å². The van der Waals surface area contributed by atoms with Crippen LogP contribution in [0.15, 0.2) is 24.3 Å². The van der Waals surface area contributed by atoms with Gasteiger partial charge in [-0.25, -0.2) is 0 Å². The minimum absolute atomic E-state index is 0.225. The largest absolute Gasteiger partial charge is 0.491 e. The molecule has 2 nitrogen and oxygen atoms in total. The lowest BCUT2D eigenvalue weighted by atomic mass is 9.72. The summed E-state index contributed by atoms with van der Waals surface area (Å²) in [6.07, 6.45) is 4.25. The Bertz CT molecular complexity index is 433. The number of ether oxygens (including phenoxy) is 1. The topological polar surface area (TPSA) is 21.3 Å². The minimum Gasteiger partial charge on any atom is -0.491 e. The second-order valence-corrected chi connectivity index (χ2v) is 7.18. The first-order chi connectivity index (χ1) is 9.99. The third kappa shape index (κ3) is 4.47. The van der Waals surface area contributed by atoms with E-state index in [-0.39, 0.29) is 6.10 Å². The number of nitrogens with one attached hydrogen (secondary N) is 1. The lowest BCUT2D eigenvalue weighted by molar-refractivity contribution is 0.180. The van der Waals surface area contributed by atoms with E-state index in [1.54, 1.807) is 0 Å². The van der Waals surface area contributed by atoms with Crippen LogP contribution in [0, 0.1) is 17.8 Å². The van der Waals surface area contributed by atoms with Gasteiger partial charge in [-0.3, -0.25) is 0 Å². The van der Waals surface area contributed by atoms with Gasteiger partial charge in [0.05, 0.1) is 6.10 Å². The van der Waals surface area contributed by atoms with E-state index < -0.39 is 0 Å². The summed E-state index contributed by atoms with van der Waals surface area (Å²) < 4.78 is 5.85. The average Bonchev–Trinajstić information content (AvgIpc) is 2.38. The summed E-state index contributed by atoms with van der Waals surface area (Å²) in [7, 11) is 2.09. The van der Waals surface area contributed by atoms with Crippen LogP contribution < -0.4 is 10.1 Å². The van der Waals surface area contributed by atoms with Crippen molar-refractivity contribution in [2.24, 2.45) is 17.8 Å². The lowest BCUT2D eigenvalue weighted by Crippen LogP contribution is -2.31. The highest BCUT2D eigenvalue weighted by Crippen LogP contribution is 2.40. The van der Waals surface area contributed by atoms with Crippen LogP contribution in [0.4, 0.5) is 0 Å². The molecular formula is C19H31NO. The van der Waals surface area contributed by atoms with Crippen molar-refractivity contribution in [3.8, 4) is 5.75 Å². The number of benzene rings is 1. The molecule has 1 aliphatic rings. The molecule has 1 saturated carbocycles. The molecule has 2 heteroatoms. The maximum absolute atomic E-state index is 5.85. The Hall–Kier alpha value is -1.02. The molecule has 3 unspecified atom stereocenters. The number of rotatable bonds is 5. The maximum Gasteiger partial charge on any atom is 0.120 e. The Morgan fingerprint density at radius 3 is 2.33 bits per heavy atom. The highest BCUT2D eigenvalue weighted by Gasteiger charge is 2.30. The van der Waals surface area contributed by atoms with Crippen molar-refractivity contribution in [1.29, 1.82) is 0 Å². The molecule has 0 aromatic heterocycles. The van der Waals surface area contributed by atoms with Crippen molar-refractivity contribution in [2.45, 2.75) is 59.1 Å². The lowest BCUT2D eigenvalue weighted by Gasteiger charge is -2.36. The first-order valence-corrected chi connectivity index (χ1v) is 8.43. The van der Waals surface area contributed by atoms with Gasteiger partial charge in [0.1, 0.15) is 5.75 Å².